The number of hydrogen-bond acceptors (Lipinski definition) is 8. The maximum absolute atomic E-state index is 11.7. The van der Waals surface area contributed by atoms with Gasteiger partial charge < -0.3 is 19.9 Å². The Labute approximate surface area is 189 Å². The molecule has 1 aliphatic rings. The van der Waals surface area contributed by atoms with Crippen molar-refractivity contribution in [2.45, 2.75) is 51.6 Å². The number of hydrogen-bond donors (Lipinski definition) is 1. The number of amides is 1. The Hall–Kier alpha value is -2.88. The average Bonchev–Trinajstić information content (AvgIpc) is 3.29. The van der Waals surface area contributed by atoms with Crippen molar-refractivity contribution in [1.82, 2.24) is 25.1 Å². The molecule has 0 radical (unpaired) electrons. The minimum absolute atomic E-state index is 0.116. The second kappa shape index (κ2) is 9.72. The maximum atomic E-state index is 11.7. The summed E-state index contributed by atoms with van der Waals surface area (Å²) < 4.78 is 18.6. The van der Waals surface area contributed by atoms with Gasteiger partial charge in [-0.2, -0.15) is 0 Å². The molecule has 1 saturated heterocycles. The lowest BCUT2D eigenvalue weighted by atomic mass is 9.92. The van der Waals surface area contributed by atoms with Crippen molar-refractivity contribution in [2.24, 2.45) is 11.7 Å². The first-order chi connectivity index (χ1) is 15.3. The van der Waals surface area contributed by atoms with E-state index in [-0.39, 0.29) is 23.4 Å². The highest BCUT2D eigenvalue weighted by molar-refractivity contribution is 5.76. The molecule has 2 heterocycles. The minimum atomic E-state index is -0.275. The van der Waals surface area contributed by atoms with Crippen LogP contribution in [-0.4, -0.2) is 65.4 Å². The highest BCUT2D eigenvalue weighted by Crippen LogP contribution is 2.43. The predicted octanol–water partition coefficient (Wildman–Crippen LogP) is 2.13. The van der Waals surface area contributed by atoms with Gasteiger partial charge in [-0.25, -0.2) is 4.68 Å². The predicted molar refractivity (Wildman–Crippen MR) is 119 cm³/mol. The van der Waals surface area contributed by atoms with Gasteiger partial charge in [0, 0.05) is 5.92 Å². The molecule has 0 aliphatic carbocycles. The zero-order valence-corrected chi connectivity index (χ0v) is 19.8. The lowest BCUT2D eigenvalue weighted by Gasteiger charge is -2.37. The molecule has 176 valence electrons. The third-order valence-electron chi connectivity index (χ3n) is 6.48. The molecular weight excluding hydrogens is 412 g/mol. The zero-order chi connectivity index (χ0) is 23.5. The second-order valence-electron chi connectivity index (χ2n) is 8.69. The van der Waals surface area contributed by atoms with E-state index in [1.54, 1.807) is 21.3 Å². The number of aromatic nitrogens is 4. The van der Waals surface area contributed by atoms with Crippen molar-refractivity contribution < 1.29 is 19.0 Å². The number of methoxy groups -OCH3 is 3. The van der Waals surface area contributed by atoms with Crippen molar-refractivity contribution in [3.8, 4) is 17.2 Å². The molecule has 0 unspecified atom stereocenters. The van der Waals surface area contributed by atoms with E-state index in [4.69, 9.17) is 19.9 Å². The molecule has 0 spiro atoms. The summed E-state index contributed by atoms with van der Waals surface area (Å²) in [6.07, 6.45) is 2.24. The molecule has 1 fully saturated rings. The van der Waals surface area contributed by atoms with Crippen LogP contribution < -0.4 is 19.9 Å². The lowest BCUT2D eigenvalue weighted by Crippen LogP contribution is -2.42. The second-order valence-corrected chi connectivity index (χ2v) is 8.69. The Balaban J connectivity index is 2.13. The van der Waals surface area contributed by atoms with Gasteiger partial charge >= 0.3 is 0 Å². The van der Waals surface area contributed by atoms with Gasteiger partial charge in [0.2, 0.25) is 11.7 Å². The lowest BCUT2D eigenvalue weighted by molar-refractivity contribution is -0.123. The minimum Gasteiger partial charge on any atom is -0.493 e. The highest BCUT2D eigenvalue weighted by atomic mass is 16.5. The van der Waals surface area contributed by atoms with Crippen LogP contribution in [0.4, 0.5) is 0 Å². The van der Waals surface area contributed by atoms with Crippen LogP contribution >= 0.6 is 0 Å². The van der Waals surface area contributed by atoms with Crippen LogP contribution in [0.1, 0.15) is 57.5 Å². The van der Waals surface area contributed by atoms with E-state index in [1.807, 2.05) is 16.8 Å². The topological polar surface area (TPSA) is 118 Å². The number of benzene rings is 1. The van der Waals surface area contributed by atoms with Crippen LogP contribution in [0.5, 0.6) is 17.2 Å². The summed E-state index contributed by atoms with van der Waals surface area (Å²) in [5.74, 6) is 2.02. The summed E-state index contributed by atoms with van der Waals surface area (Å²) in [5.41, 5.74) is 6.20. The zero-order valence-electron chi connectivity index (χ0n) is 19.8. The molecule has 1 atom stereocenters. The SMILES string of the molecule is CCC(C)(C)n1nnnc1[C@H](c1cc(OC)c(OC)c(OC)c1)N1CCC(C(N)=O)CC1. The van der Waals surface area contributed by atoms with Gasteiger partial charge in [0.15, 0.2) is 17.3 Å². The van der Waals surface area contributed by atoms with E-state index in [0.29, 0.717) is 43.2 Å². The van der Waals surface area contributed by atoms with E-state index in [1.165, 1.54) is 0 Å². The fourth-order valence-corrected chi connectivity index (χ4v) is 4.17. The highest BCUT2D eigenvalue weighted by Gasteiger charge is 2.36. The first-order valence-electron chi connectivity index (χ1n) is 10.9. The van der Waals surface area contributed by atoms with Crippen molar-refractivity contribution in [3.63, 3.8) is 0 Å². The number of rotatable bonds is 9. The van der Waals surface area contributed by atoms with Crippen LogP contribution in [0.3, 0.4) is 0 Å². The number of tetrazole rings is 1. The molecule has 10 nitrogen and oxygen atoms in total. The Morgan fingerprint density at radius 2 is 1.75 bits per heavy atom. The standard InChI is InChI=1S/C22H34N6O4/c1-7-22(2,3)28-21(24-25-26-28)18(27-10-8-14(9-11-27)20(23)29)15-12-16(30-4)19(32-6)17(13-15)31-5/h12-14,18H,7-11H2,1-6H3,(H2,23,29)/t18-/m0/s1. The number of carbonyl (C=O) groups is 1. The van der Waals surface area contributed by atoms with Crippen molar-refractivity contribution in [3.05, 3.63) is 23.5 Å². The normalized spacial score (nSPS) is 16.6. The van der Waals surface area contributed by atoms with Crippen molar-refractivity contribution in [1.29, 1.82) is 0 Å². The van der Waals surface area contributed by atoms with Gasteiger partial charge in [-0.15, -0.1) is 5.10 Å². The Kier molecular flexibility index (Phi) is 7.22. The summed E-state index contributed by atoms with van der Waals surface area (Å²) in [5, 5.41) is 12.8. The third kappa shape index (κ3) is 4.50. The smallest absolute Gasteiger partial charge is 0.220 e. The monoisotopic (exact) mass is 446 g/mol. The Morgan fingerprint density at radius 3 is 2.22 bits per heavy atom. The van der Waals surface area contributed by atoms with E-state index >= 15 is 0 Å². The molecule has 32 heavy (non-hydrogen) atoms. The van der Waals surface area contributed by atoms with Gasteiger partial charge in [-0.05, 0) is 74.3 Å². The van der Waals surface area contributed by atoms with Crippen LogP contribution in [0, 0.1) is 5.92 Å². The summed E-state index contributed by atoms with van der Waals surface area (Å²) >= 11 is 0. The number of nitrogens with zero attached hydrogens (tertiary/aromatic N) is 5. The van der Waals surface area contributed by atoms with Crippen LogP contribution in [0.25, 0.3) is 0 Å². The van der Waals surface area contributed by atoms with E-state index < -0.39 is 0 Å². The van der Waals surface area contributed by atoms with Crippen LogP contribution in [0.2, 0.25) is 0 Å². The fraction of sp³-hybridized carbons (Fsp3) is 0.636. The molecule has 3 rings (SSSR count). The number of piperidine rings is 1. The molecule has 1 aromatic carbocycles. The van der Waals surface area contributed by atoms with Gasteiger partial charge in [-0.3, -0.25) is 9.69 Å². The number of nitrogens with two attached hydrogens (primary N) is 1. The van der Waals surface area contributed by atoms with E-state index in [0.717, 1.165) is 17.8 Å². The Bertz CT molecular complexity index is 911. The summed E-state index contributed by atoms with van der Waals surface area (Å²) in [6.45, 7) is 7.71. The molecule has 0 bridgehead atoms. The van der Waals surface area contributed by atoms with Crippen molar-refractivity contribution >= 4 is 5.91 Å². The molecule has 1 aliphatic heterocycles. The molecule has 1 aromatic heterocycles. The molecule has 10 heteroatoms. The summed E-state index contributed by atoms with van der Waals surface area (Å²) in [6, 6.07) is 3.60. The Morgan fingerprint density at radius 1 is 1.16 bits per heavy atom. The van der Waals surface area contributed by atoms with E-state index in [9.17, 15) is 4.79 Å². The van der Waals surface area contributed by atoms with Gasteiger partial charge in [0.25, 0.3) is 0 Å². The largest absolute Gasteiger partial charge is 0.493 e. The maximum Gasteiger partial charge on any atom is 0.220 e. The van der Waals surface area contributed by atoms with E-state index in [2.05, 4.69) is 41.2 Å². The van der Waals surface area contributed by atoms with Gasteiger partial charge in [0.1, 0.15) is 0 Å². The van der Waals surface area contributed by atoms with Crippen LogP contribution in [0.15, 0.2) is 12.1 Å². The first-order valence-corrected chi connectivity index (χ1v) is 10.9. The molecule has 0 saturated carbocycles. The molecule has 1 amide bonds. The molecule has 2 N–H and O–H groups in total. The number of likely N-dealkylation sites (tertiary alicyclic amines) is 1. The summed E-state index contributed by atoms with van der Waals surface area (Å²) in [7, 11) is 4.77. The van der Waals surface area contributed by atoms with Crippen LogP contribution in [-0.2, 0) is 10.3 Å². The average molecular weight is 447 g/mol. The third-order valence-corrected chi connectivity index (χ3v) is 6.48. The molecular formula is C22H34N6O4. The number of primary amides is 1. The van der Waals surface area contributed by atoms with Gasteiger partial charge in [0.05, 0.1) is 32.9 Å². The van der Waals surface area contributed by atoms with Gasteiger partial charge in [-0.1, -0.05) is 6.92 Å². The quantitative estimate of drug-likeness (QED) is 0.622. The number of carbonyl (C=O) groups excluding carboxylic acids is 1. The van der Waals surface area contributed by atoms with Crippen molar-refractivity contribution in [2.75, 3.05) is 34.4 Å². The summed E-state index contributed by atoms with van der Waals surface area (Å²) in [4.78, 5) is 14.0. The number of ether oxygens (including phenoxy) is 3. The molecule has 2 aromatic rings. The first kappa shape index (κ1) is 23.8. The fourth-order valence-electron chi connectivity index (χ4n) is 4.17.